The van der Waals surface area contributed by atoms with E-state index < -0.39 is 6.43 Å². The Morgan fingerprint density at radius 3 is 2.84 bits per heavy atom. The van der Waals surface area contributed by atoms with Crippen LogP contribution < -0.4 is 5.32 Å². The van der Waals surface area contributed by atoms with Crippen molar-refractivity contribution in [3.63, 3.8) is 0 Å². The fourth-order valence-electron chi connectivity index (χ4n) is 4.49. The van der Waals surface area contributed by atoms with Gasteiger partial charge in [-0.2, -0.15) is 4.98 Å². The second-order valence-electron chi connectivity index (χ2n) is 8.22. The number of alkyl halides is 2. The molecule has 31 heavy (non-hydrogen) atoms. The van der Waals surface area contributed by atoms with Gasteiger partial charge >= 0.3 is 0 Å². The molecule has 0 spiro atoms. The van der Waals surface area contributed by atoms with Gasteiger partial charge in [-0.05, 0) is 44.1 Å². The molecular weight excluding hydrogens is 405 g/mol. The molecule has 4 aromatic heterocycles. The summed E-state index contributed by atoms with van der Waals surface area (Å²) in [4.78, 5) is 16.2. The standard InChI is InChI=1S/C22H23F3N6/c23-18-9-14(12-31-8-7-26-21(18)31)16-10-27-20-17(16)11-28-22(30-20)29-15-4-1-13(2-5-15)3-6-19(24)25/h7-13,15,19H,1-6H2,(H2,27,28,29,30). The average molecular weight is 428 g/mol. The van der Waals surface area contributed by atoms with Crippen LogP contribution in [0.4, 0.5) is 19.1 Å². The van der Waals surface area contributed by atoms with Gasteiger partial charge in [-0.15, -0.1) is 0 Å². The smallest absolute Gasteiger partial charge is 0.238 e. The number of aromatic nitrogens is 5. The number of aromatic amines is 1. The maximum atomic E-state index is 14.3. The van der Waals surface area contributed by atoms with Gasteiger partial charge in [0.15, 0.2) is 11.5 Å². The number of nitrogens with one attached hydrogen (secondary N) is 2. The van der Waals surface area contributed by atoms with Gasteiger partial charge < -0.3 is 14.7 Å². The molecule has 0 radical (unpaired) electrons. The van der Waals surface area contributed by atoms with E-state index >= 15 is 0 Å². The Bertz CT molecular complexity index is 1190. The van der Waals surface area contributed by atoms with Crippen LogP contribution >= 0.6 is 0 Å². The predicted octanol–water partition coefficient (Wildman–Crippen LogP) is 5.43. The number of pyridine rings is 1. The Hall–Kier alpha value is -3.10. The van der Waals surface area contributed by atoms with Gasteiger partial charge in [0.2, 0.25) is 12.4 Å². The highest BCUT2D eigenvalue weighted by molar-refractivity contribution is 5.93. The first-order valence-corrected chi connectivity index (χ1v) is 10.6. The zero-order valence-corrected chi connectivity index (χ0v) is 16.9. The number of fused-ring (bicyclic) bond motifs is 2. The summed E-state index contributed by atoms with van der Waals surface area (Å²) in [5.41, 5.74) is 2.48. The van der Waals surface area contributed by atoms with Gasteiger partial charge in [-0.1, -0.05) is 0 Å². The molecule has 2 N–H and O–H groups in total. The van der Waals surface area contributed by atoms with Crippen molar-refractivity contribution in [1.29, 1.82) is 0 Å². The van der Waals surface area contributed by atoms with Crippen LogP contribution in [0.25, 0.3) is 27.8 Å². The lowest BCUT2D eigenvalue weighted by molar-refractivity contribution is 0.123. The van der Waals surface area contributed by atoms with E-state index in [1.807, 2.05) is 6.20 Å². The third-order valence-corrected chi connectivity index (χ3v) is 6.16. The van der Waals surface area contributed by atoms with Crippen molar-refractivity contribution in [3.05, 3.63) is 42.9 Å². The van der Waals surface area contributed by atoms with E-state index in [1.54, 1.807) is 29.2 Å². The Kier molecular flexibility index (Phi) is 5.25. The molecule has 4 heterocycles. The number of hydrogen-bond acceptors (Lipinski definition) is 4. The molecule has 0 bridgehead atoms. The summed E-state index contributed by atoms with van der Waals surface area (Å²) in [6, 6.07) is 1.70. The molecule has 4 aromatic rings. The highest BCUT2D eigenvalue weighted by Gasteiger charge is 2.23. The van der Waals surface area contributed by atoms with Gasteiger partial charge in [0.05, 0.1) is 0 Å². The molecule has 162 valence electrons. The lowest BCUT2D eigenvalue weighted by Gasteiger charge is -2.29. The van der Waals surface area contributed by atoms with E-state index in [9.17, 15) is 13.2 Å². The zero-order valence-electron chi connectivity index (χ0n) is 16.9. The van der Waals surface area contributed by atoms with Crippen LogP contribution in [0.15, 0.2) is 37.1 Å². The minimum Gasteiger partial charge on any atom is -0.351 e. The molecule has 0 aliphatic heterocycles. The van der Waals surface area contributed by atoms with Gasteiger partial charge in [0.1, 0.15) is 5.65 Å². The van der Waals surface area contributed by atoms with E-state index in [-0.39, 0.29) is 23.9 Å². The zero-order chi connectivity index (χ0) is 21.4. The van der Waals surface area contributed by atoms with Gasteiger partial charge in [0.25, 0.3) is 0 Å². The molecule has 0 amide bonds. The van der Waals surface area contributed by atoms with Gasteiger partial charge in [0, 0.05) is 60.0 Å². The number of imidazole rings is 1. The van der Waals surface area contributed by atoms with E-state index in [0.29, 0.717) is 29.5 Å². The lowest BCUT2D eigenvalue weighted by Crippen LogP contribution is -2.27. The number of H-pyrrole nitrogens is 1. The van der Waals surface area contributed by atoms with Crippen LogP contribution in [-0.2, 0) is 0 Å². The minimum atomic E-state index is -2.21. The molecule has 0 aromatic carbocycles. The minimum absolute atomic E-state index is 0.00458. The maximum Gasteiger partial charge on any atom is 0.238 e. The van der Waals surface area contributed by atoms with Crippen LogP contribution in [0.3, 0.4) is 0 Å². The fourth-order valence-corrected chi connectivity index (χ4v) is 4.49. The van der Waals surface area contributed by atoms with Crippen LogP contribution in [0.5, 0.6) is 0 Å². The second kappa shape index (κ2) is 8.20. The van der Waals surface area contributed by atoms with Gasteiger partial charge in [-0.3, -0.25) is 0 Å². The van der Waals surface area contributed by atoms with Crippen LogP contribution in [0.1, 0.15) is 38.5 Å². The van der Waals surface area contributed by atoms with Crippen molar-refractivity contribution < 1.29 is 13.2 Å². The maximum absolute atomic E-state index is 14.3. The first-order chi connectivity index (χ1) is 15.1. The first-order valence-electron chi connectivity index (χ1n) is 10.6. The molecule has 1 aliphatic rings. The molecule has 0 saturated heterocycles. The SMILES string of the molecule is Fc1cc(-c2c[nH]c3nc(NC4CCC(CCC(F)F)CC4)ncc23)cn2ccnc12. The summed E-state index contributed by atoms with van der Waals surface area (Å²) in [5, 5.41) is 4.18. The van der Waals surface area contributed by atoms with E-state index in [1.165, 1.54) is 6.07 Å². The molecule has 6 nitrogen and oxygen atoms in total. The summed E-state index contributed by atoms with van der Waals surface area (Å²) in [6.45, 7) is 0. The molecular formula is C22H23F3N6. The molecule has 0 atom stereocenters. The Labute approximate surface area is 176 Å². The third kappa shape index (κ3) is 4.08. The average Bonchev–Trinajstić information content (AvgIpc) is 3.40. The van der Waals surface area contributed by atoms with Crippen LogP contribution in [0, 0.1) is 11.7 Å². The van der Waals surface area contributed by atoms with Crippen molar-refractivity contribution >= 4 is 22.6 Å². The first kappa shape index (κ1) is 19.8. The van der Waals surface area contributed by atoms with E-state index in [2.05, 4.69) is 25.3 Å². The molecule has 5 rings (SSSR count). The van der Waals surface area contributed by atoms with Crippen molar-refractivity contribution in [2.45, 2.75) is 51.0 Å². The molecule has 1 fully saturated rings. The second-order valence-corrected chi connectivity index (χ2v) is 8.22. The summed E-state index contributed by atoms with van der Waals surface area (Å²) >= 11 is 0. The fraction of sp³-hybridized carbons (Fsp3) is 0.409. The predicted molar refractivity (Wildman–Crippen MR) is 113 cm³/mol. The summed E-state index contributed by atoms with van der Waals surface area (Å²) in [7, 11) is 0. The Morgan fingerprint density at radius 1 is 1.19 bits per heavy atom. The molecule has 0 unspecified atom stereocenters. The number of rotatable bonds is 6. The summed E-state index contributed by atoms with van der Waals surface area (Å²) in [6.07, 6.45) is 10.8. The monoisotopic (exact) mass is 428 g/mol. The number of anilines is 1. The van der Waals surface area contributed by atoms with Crippen LogP contribution in [-0.4, -0.2) is 36.8 Å². The van der Waals surface area contributed by atoms with E-state index in [4.69, 9.17) is 0 Å². The van der Waals surface area contributed by atoms with Crippen molar-refractivity contribution in [3.8, 4) is 11.1 Å². The molecule has 9 heteroatoms. The van der Waals surface area contributed by atoms with Crippen LogP contribution in [0.2, 0.25) is 0 Å². The third-order valence-electron chi connectivity index (χ3n) is 6.16. The number of hydrogen-bond donors (Lipinski definition) is 2. The lowest BCUT2D eigenvalue weighted by atomic mass is 9.83. The number of nitrogens with zero attached hydrogens (tertiary/aromatic N) is 4. The largest absolute Gasteiger partial charge is 0.351 e. The summed E-state index contributed by atoms with van der Waals surface area (Å²) in [5.74, 6) is 0.531. The highest BCUT2D eigenvalue weighted by Crippen LogP contribution is 2.31. The summed E-state index contributed by atoms with van der Waals surface area (Å²) < 4.78 is 40.8. The Morgan fingerprint density at radius 2 is 2.03 bits per heavy atom. The number of halogens is 3. The van der Waals surface area contributed by atoms with Crippen molar-refractivity contribution in [2.24, 2.45) is 5.92 Å². The normalized spacial score (nSPS) is 19.5. The van der Waals surface area contributed by atoms with Gasteiger partial charge in [-0.25, -0.2) is 23.1 Å². The van der Waals surface area contributed by atoms with Crippen molar-refractivity contribution in [1.82, 2.24) is 24.3 Å². The van der Waals surface area contributed by atoms with Crippen molar-refractivity contribution in [2.75, 3.05) is 5.32 Å². The van der Waals surface area contributed by atoms with E-state index in [0.717, 1.165) is 36.6 Å². The highest BCUT2D eigenvalue weighted by atomic mass is 19.3. The molecule has 1 aliphatic carbocycles. The topological polar surface area (TPSA) is 70.9 Å². The molecule has 1 saturated carbocycles. The Balaban J connectivity index is 1.29. The quantitative estimate of drug-likeness (QED) is 0.430.